The van der Waals surface area contributed by atoms with E-state index in [1.54, 1.807) is 0 Å². The Kier molecular flexibility index (Phi) is 3.95. The van der Waals surface area contributed by atoms with Gasteiger partial charge in [-0.15, -0.1) is 0 Å². The minimum Gasteiger partial charge on any atom is -0.310 e. The van der Waals surface area contributed by atoms with Crippen LogP contribution in [0.3, 0.4) is 0 Å². The minimum atomic E-state index is 0.798. The van der Waals surface area contributed by atoms with Crippen molar-refractivity contribution in [2.75, 3.05) is 13.1 Å². The normalized spacial score (nSPS) is 42.2. The molecule has 3 fully saturated rings. The molecule has 2 aliphatic heterocycles. The van der Waals surface area contributed by atoms with Crippen LogP contribution in [0.15, 0.2) is 0 Å². The molecule has 1 N–H and O–H groups in total. The van der Waals surface area contributed by atoms with Gasteiger partial charge in [0.2, 0.25) is 0 Å². The van der Waals surface area contributed by atoms with Gasteiger partial charge in [0.25, 0.3) is 0 Å². The van der Waals surface area contributed by atoms with Crippen molar-refractivity contribution in [3.05, 3.63) is 0 Å². The lowest BCUT2D eigenvalue weighted by atomic mass is 9.77. The zero-order valence-electron chi connectivity index (χ0n) is 12.2. The third kappa shape index (κ3) is 2.60. The molecule has 0 amide bonds. The summed E-state index contributed by atoms with van der Waals surface area (Å²) in [5, 5.41) is 3.82. The van der Waals surface area contributed by atoms with E-state index < -0.39 is 0 Å². The molecule has 0 spiro atoms. The highest BCUT2D eigenvalue weighted by Gasteiger charge is 2.36. The van der Waals surface area contributed by atoms with Crippen LogP contribution in [0, 0.1) is 11.8 Å². The van der Waals surface area contributed by atoms with Gasteiger partial charge in [-0.05, 0) is 50.5 Å². The SMILES string of the molecule is CC(C)C1CCCCC1N1CCC2CCC(C1)N2. The number of fused-ring (bicyclic) bond motifs is 2. The summed E-state index contributed by atoms with van der Waals surface area (Å²) in [6.07, 6.45) is 10.1. The molecular weight excluding hydrogens is 220 g/mol. The molecule has 2 heterocycles. The van der Waals surface area contributed by atoms with Gasteiger partial charge in [-0.25, -0.2) is 0 Å². The number of nitrogens with one attached hydrogen (secondary N) is 1. The maximum Gasteiger partial charge on any atom is 0.0198 e. The smallest absolute Gasteiger partial charge is 0.0198 e. The summed E-state index contributed by atoms with van der Waals surface area (Å²) < 4.78 is 0. The number of rotatable bonds is 2. The van der Waals surface area contributed by atoms with Gasteiger partial charge in [0.15, 0.2) is 0 Å². The molecule has 0 radical (unpaired) electrons. The minimum absolute atomic E-state index is 0.798. The van der Waals surface area contributed by atoms with Crippen LogP contribution in [-0.2, 0) is 0 Å². The maximum absolute atomic E-state index is 3.82. The molecule has 1 saturated carbocycles. The number of nitrogens with zero attached hydrogens (tertiary/aromatic N) is 1. The van der Waals surface area contributed by atoms with E-state index >= 15 is 0 Å². The van der Waals surface area contributed by atoms with Gasteiger partial charge < -0.3 is 5.32 Å². The predicted octanol–water partition coefficient (Wildman–Crippen LogP) is 3.03. The van der Waals surface area contributed by atoms with Crippen LogP contribution in [-0.4, -0.2) is 36.1 Å². The molecule has 2 saturated heterocycles. The van der Waals surface area contributed by atoms with Crippen molar-refractivity contribution < 1.29 is 0 Å². The molecule has 0 aromatic rings. The second-order valence-corrected chi connectivity index (χ2v) is 7.18. The fourth-order valence-electron chi connectivity index (χ4n) is 4.64. The molecule has 3 rings (SSSR count). The second-order valence-electron chi connectivity index (χ2n) is 7.18. The van der Waals surface area contributed by atoms with Gasteiger partial charge in [0.05, 0.1) is 0 Å². The molecule has 3 aliphatic rings. The average molecular weight is 250 g/mol. The molecule has 1 aliphatic carbocycles. The van der Waals surface area contributed by atoms with Gasteiger partial charge in [0.1, 0.15) is 0 Å². The van der Waals surface area contributed by atoms with Crippen molar-refractivity contribution in [2.45, 2.75) is 76.9 Å². The Morgan fingerprint density at radius 1 is 0.944 bits per heavy atom. The summed E-state index contributed by atoms with van der Waals surface area (Å²) in [6.45, 7) is 7.54. The van der Waals surface area contributed by atoms with Crippen molar-refractivity contribution in [2.24, 2.45) is 11.8 Å². The van der Waals surface area contributed by atoms with Crippen LogP contribution in [0.4, 0.5) is 0 Å². The van der Waals surface area contributed by atoms with Crippen molar-refractivity contribution >= 4 is 0 Å². The fourth-order valence-corrected chi connectivity index (χ4v) is 4.64. The molecule has 18 heavy (non-hydrogen) atoms. The molecule has 2 bridgehead atoms. The van der Waals surface area contributed by atoms with E-state index in [9.17, 15) is 0 Å². The zero-order chi connectivity index (χ0) is 12.5. The van der Waals surface area contributed by atoms with E-state index in [-0.39, 0.29) is 0 Å². The Morgan fingerprint density at radius 2 is 1.72 bits per heavy atom. The lowest BCUT2D eigenvalue weighted by molar-refractivity contribution is 0.0747. The third-order valence-corrected chi connectivity index (χ3v) is 5.66. The van der Waals surface area contributed by atoms with Crippen molar-refractivity contribution in [1.29, 1.82) is 0 Å². The summed E-state index contributed by atoms with van der Waals surface area (Å²) in [7, 11) is 0. The quantitative estimate of drug-likeness (QED) is 0.810. The van der Waals surface area contributed by atoms with E-state index in [0.717, 1.165) is 30.0 Å². The second kappa shape index (κ2) is 5.50. The Hall–Kier alpha value is -0.0800. The van der Waals surface area contributed by atoms with E-state index in [0.29, 0.717) is 0 Å². The Balaban J connectivity index is 1.68. The monoisotopic (exact) mass is 250 g/mol. The van der Waals surface area contributed by atoms with Crippen molar-refractivity contribution in [3.8, 4) is 0 Å². The standard InChI is InChI=1S/C16H30N2/c1-12(2)15-5-3-4-6-16(15)18-10-9-13-7-8-14(11-18)17-13/h12-17H,3-11H2,1-2H3. The maximum atomic E-state index is 3.82. The topological polar surface area (TPSA) is 15.3 Å². The van der Waals surface area contributed by atoms with Crippen LogP contribution < -0.4 is 5.32 Å². The van der Waals surface area contributed by atoms with E-state index in [4.69, 9.17) is 0 Å². The Morgan fingerprint density at radius 3 is 2.56 bits per heavy atom. The van der Waals surface area contributed by atoms with E-state index in [1.165, 1.54) is 58.0 Å². The molecule has 0 aromatic heterocycles. The molecule has 4 atom stereocenters. The predicted molar refractivity (Wildman–Crippen MR) is 76.7 cm³/mol. The highest BCUT2D eigenvalue weighted by Crippen LogP contribution is 2.35. The van der Waals surface area contributed by atoms with Crippen LogP contribution in [0.5, 0.6) is 0 Å². The first-order valence-corrected chi connectivity index (χ1v) is 8.24. The van der Waals surface area contributed by atoms with E-state index in [2.05, 4.69) is 24.1 Å². The first-order chi connectivity index (χ1) is 8.74. The Labute approximate surface area is 113 Å². The van der Waals surface area contributed by atoms with Gasteiger partial charge in [-0.3, -0.25) is 4.90 Å². The van der Waals surface area contributed by atoms with Crippen LogP contribution in [0.25, 0.3) is 0 Å². The number of hydrogen-bond donors (Lipinski definition) is 1. The van der Waals surface area contributed by atoms with Gasteiger partial charge in [0, 0.05) is 24.7 Å². The lowest BCUT2D eigenvalue weighted by Gasteiger charge is -2.42. The number of likely N-dealkylation sites (tertiary alicyclic amines) is 1. The third-order valence-electron chi connectivity index (χ3n) is 5.66. The van der Waals surface area contributed by atoms with Crippen LogP contribution in [0.1, 0.15) is 58.8 Å². The summed E-state index contributed by atoms with van der Waals surface area (Å²) in [5.41, 5.74) is 0. The molecular formula is C16H30N2. The first-order valence-electron chi connectivity index (χ1n) is 8.24. The lowest BCUT2D eigenvalue weighted by Crippen LogP contribution is -2.47. The average Bonchev–Trinajstić information content (AvgIpc) is 2.69. The van der Waals surface area contributed by atoms with Gasteiger partial charge >= 0.3 is 0 Å². The van der Waals surface area contributed by atoms with Crippen LogP contribution in [0.2, 0.25) is 0 Å². The van der Waals surface area contributed by atoms with Gasteiger partial charge in [-0.2, -0.15) is 0 Å². The zero-order valence-corrected chi connectivity index (χ0v) is 12.2. The molecule has 0 aromatic carbocycles. The Bertz CT molecular complexity index is 276. The number of hydrogen-bond acceptors (Lipinski definition) is 2. The summed E-state index contributed by atoms with van der Waals surface area (Å²) >= 11 is 0. The van der Waals surface area contributed by atoms with Crippen molar-refractivity contribution in [3.63, 3.8) is 0 Å². The summed E-state index contributed by atoms with van der Waals surface area (Å²) in [6, 6.07) is 2.52. The molecule has 4 unspecified atom stereocenters. The molecule has 104 valence electrons. The molecule has 2 nitrogen and oxygen atoms in total. The largest absolute Gasteiger partial charge is 0.310 e. The highest BCUT2D eigenvalue weighted by atomic mass is 15.2. The van der Waals surface area contributed by atoms with Gasteiger partial charge in [-0.1, -0.05) is 26.7 Å². The summed E-state index contributed by atoms with van der Waals surface area (Å²) in [5.74, 6) is 1.82. The van der Waals surface area contributed by atoms with Crippen molar-refractivity contribution in [1.82, 2.24) is 10.2 Å². The molecule has 2 heteroatoms. The summed E-state index contributed by atoms with van der Waals surface area (Å²) in [4.78, 5) is 2.86. The first kappa shape index (κ1) is 12.9. The fraction of sp³-hybridized carbons (Fsp3) is 1.00. The van der Waals surface area contributed by atoms with Crippen LogP contribution >= 0.6 is 0 Å². The highest BCUT2D eigenvalue weighted by molar-refractivity contribution is 4.94. The van der Waals surface area contributed by atoms with E-state index in [1.807, 2.05) is 0 Å².